The van der Waals surface area contributed by atoms with E-state index in [1.165, 1.54) is 0 Å². The Morgan fingerprint density at radius 1 is 1.31 bits per heavy atom. The molecule has 3 nitrogen and oxygen atoms in total. The number of halogens is 2. The average molecular weight is 352 g/mol. The van der Waals surface area contributed by atoms with Gasteiger partial charge in [0, 0.05) is 16.4 Å². The molecule has 5 heteroatoms. The molecule has 1 aromatic rings. The first-order chi connectivity index (χ1) is 7.63. The summed E-state index contributed by atoms with van der Waals surface area (Å²) in [5.41, 5.74) is 1.05. The number of fused-ring (bicyclic) bond motifs is 1. The summed E-state index contributed by atoms with van der Waals surface area (Å²) in [5, 5.41) is 0. The summed E-state index contributed by atoms with van der Waals surface area (Å²) < 4.78 is 17.1. The fourth-order valence-corrected chi connectivity index (χ4v) is 2.76. The Morgan fingerprint density at radius 2 is 1.94 bits per heavy atom. The molecule has 1 aromatic carbocycles. The molecule has 0 aromatic heterocycles. The molecule has 0 radical (unpaired) electrons. The van der Waals surface area contributed by atoms with Gasteiger partial charge in [0.05, 0.1) is 6.10 Å². The van der Waals surface area contributed by atoms with Crippen molar-refractivity contribution >= 4 is 31.9 Å². The van der Waals surface area contributed by atoms with Crippen molar-refractivity contribution in [3.05, 3.63) is 22.2 Å². The number of benzene rings is 1. The van der Waals surface area contributed by atoms with Gasteiger partial charge in [-0.15, -0.1) is 0 Å². The van der Waals surface area contributed by atoms with Gasteiger partial charge in [-0.25, -0.2) is 0 Å². The van der Waals surface area contributed by atoms with Crippen molar-refractivity contribution in [2.75, 3.05) is 13.9 Å². The van der Waals surface area contributed by atoms with E-state index in [9.17, 15) is 0 Å². The van der Waals surface area contributed by atoms with Crippen LogP contribution >= 0.6 is 31.9 Å². The van der Waals surface area contributed by atoms with Gasteiger partial charge in [0.2, 0.25) is 6.79 Å². The van der Waals surface area contributed by atoms with E-state index in [-0.39, 0.29) is 17.7 Å². The van der Waals surface area contributed by atoms with Gasteiger partial charge in [-0.05, 0) is 24.6 Å². The molecule has 2 rings (SSSR count). The van der Waals surface area contributed by atoms with Gasteiger partial charge in [0.15, 0.2) is 11.5 Å². The van der Waals surface area contributed by atoms with Gasteiger partial charge in [0.1, 0.15) is 0 Å². The third-order valence-corrected chi connectivity index (χ3v) is 3.64. The molecule has 2 atom stereocenters. The summed E-state index contributed by atoms with van der Waals surface area (Å²) in [6.07, 6.45) is -0.0242. The van der Waals surface area contributed by atoms with Crippen LogP contribution in [-0.4, -0.2) is 18.7 Å². The lowest BCUT2D eigenvalue weighted by Gasteiger charge is -2.20. The van der Waals surface area contributed by atoms with Crippen molar-refractivity contribution in [3.63, 3.8) is 0 Å². The normalized spacial score (nSPS) is 17.2. The van der Waals surface area contributed by atoms with Gasteiger partial charge in [0.25, 0.3) is 0 Å². The van der Waals surface area contributed by atoms with Crippen molar-refractivity contribution in [3.8, 4) is 11.5 Å². The maximum atomic E-state index is 5.47. The SMILES string of the molecule is CO[C@H](c1cc2c(cc1Br)OCO2)[C@@H](C)Br. The zero-order valence-electron chi connectivity index (χ0n) is 9.00. The lowest BCUT2D eigenvalue weighted by Crippen LogP contribution is -2.11. The molecule has 0 aliphatic carbocycles. The average Bonchev–Trinajstić information content (AvgIpc) is 2.65. The highest BCUT2D eigenvalue weighted by Gasteiger charge is 2.23. The molecule has 0 spiro atoms. The Balaban J connectivity index is 2.40. The van der Waals surface area contributed by atoms with Gasteiger partial charge in [-0.2, -0.15) is 0 Å². The predicted octanol–water partition coefficient (Wildman–Crippen LogP) is 3.65. The minimum atomic E-state index is -0.0242. The third kappa shape index (κ3) is 2.21. The Kier molecular flexibility index (Phi) is 3.77. The second-order valence-electron chi connectivity index (χ2n) is 3.56. The summed E-state index contributed by atoms with van der Waals surface area (Å²) in [4.78, 5) is 0.217. The van der Waals surface area contributed by atoms with Crippen LogP contribution < -0.4 is 9.47 Å². The van der Waals surface area contributed by atoms with Gasteiger partial charge in [-0.3, -0.25) is 0 Å². The molecule has 0 saturated carbocycles. The van der Waals surface area contributed by atoms with E-state index in [0.29, 0.717) is 0 Å². The molecule has 1 aliphatic rings. The standard InChI is InChI=1S/C11H12Br2O3/c1-6(12)11(14-2)7-3-9-10(4-8(7)13)16-5-15-9/h3-4,6,11H,5H2,1-2H3/t6-,11+/m1/s1. The summed E-state index contributed by atoms with van der Waals surface area (Å²) in [5.74, 6) is 1.54. The lowest BCUT2D eigenvalue weighted by molar-refractivity contribution is 0.105. The quantitative estimate of drug-likeness (QED) is 0.778. The number of hydrogen-bond acceptors (Lipinski definition) is 3. The van der Waals surface area contributed by atoms with E-state index in [2.05, 4.69) is 31.9 Å². The molecule has 1 aliphatic heterocycles. The van der Waals surface area contributed by atoms with E-state index in [1.807, 2.05) is 19.1 Å². The first kappa shape index (κ1) is 12.2. The molecule has 1 heterocycles. The maximum absolute atomic E-state index is 5.47. The van der Waals surface area contributed by atoms with Crippen LogP contribution in [-0.2, 0) is 4.74 Å². The topological polar surface area (TPSA) is 27.7 Å². The monoisotopic (exact) mass is 350 g/mol. The summed E-state index contributed by atoms with van der Waals surface area (Å²) in [7, 11) is 1.69. The number of ether oxygens (including phenoxy) is 3. The minimum absolute atomic E-state index is 0.0242. The molecule has 0 fully saturated rings. The van der Waals surface area contributed by atoms with Crippen molar-refractivity contribution in [2.45, 2.75) is 17.9 Å². The molecule has 16 heavy (non-hydrogen) atoms. The van der Waals surface area contributed by atoms with Crippen LogP contribution in [0.3, 0.4) is 0 Å². The fraction of sp³-hybridized carbons (Fsp3) is 0.455. The fourth-order valence-electron chi connectivity index (χ4n) is 1.71. The van der Waals surface area contributed by atoms with Crippen molar-refractivity contribution in [2.24, 2.45) is 0 Å². The van der Waals surface area contributed by atoms with E-state index in [0.717, 1.165) is 21.5 Å². The second-order valence-corrected chi connectivity index (χ2v) is 5.86. The highest BCUT2D eigenvalue weighted by atomic mass is 79.9. The smallest absolute Gasteiger partial charge is 0.231 e. The first-order valence-electron chi connectivity index (χ1n) is 4.89. The molecule has 0 unspecified atom stereocenters. The van der Waals surface area contributed by atoms with E-state index < -0.39 is 0 Å². The van der Waals surface area contributed by atoms with Gasteiger partial charge >= 0.3 is 0 Å². The zero-order chi connectivity index (χ0) is 11.7. The van der Waals surface area contributed by atoms with Gasteiger partial charge in [-0.1, -0.05) is 31.9 Å². The highest BCUT2D eigenvalue weighted by molar-refractivity contribution is 9.10. The van der Waals surface area contributed by atoms with Crippen LogP contribution in [0.5, 0.6) is 11.5 Å². The van der Waals surface area contributed by atoms with Crippen LogP contribution in [0.25, 0.3) is 0 Å². The van der Waals surface area contributed by atoms with Crippen molar-refractivity contribution in [1.82, 2.24) is 0 Å². The number of hydrogen-bond donors (Lipinski definition) is 0. The van der Waals surface area contributed by atoms with E-state index >= 15 is 0 Å². The number of alkyl halides is 1. The Bertz CT molecular complexity index is 393. The minimum Gasteiger partial charge on any atom is -0.454 e. The van der Waals surface area contributed by atoms with E-state index in [4.69, 9.17) is 14.2 Å². The maximum Gasteiger partial charge on any atom is 0.231 e. The van der Waals surface area contributed by atoms with Crippen molar-refractivity contribution in [1.29, 1.82) is 0 Å². The third-order valence-electron chi connectivity index (χ3n) is 2.47. The molecule has 0 amide bonds. The first-order valence-corrected chi connectivity index (χ1v) is 6.60. The molecule has 88 valence electrons. The van der Waals surface area contributed by atoms with Crippen LogP contribution in [0, 0.1) is 0 Å². The lowest BCUT2D eigenvalue weighted by atomic mass is 10.1. The zero-order valence-corrected chi connectivity index (χ0v) is 12.2. The molecule has 0 N–H and O–H groups in total. The highest BCUT2D eigenvalue weighted by Crippen LogP contribution is 2.41. The Morgan fingerprint density at radius 3 is 2.50 bits per heavy atom. The summed E-state index contributed by atoms with van der Waals surface area (Å²) in [6.45, 7) is 2.33. The van der Waals surface area contributed by atoms with Gasteiger partial charge < -0.3 is 14.2 Å². The molecule has 0 bridgehead atoms. The summed E-state index contributed by atoms with van der Waals surface area (Å²) in [6, 6.07) is 3.87. The predicted molar refractivity (Wildman–Crippen MR) is 68.4 cm³/mol. The molecular formula is C11H12Br2O3. The summed E-state index contributed by atoms with van der Waals surface area (Å²) >= 11 is 7.06. The van der Waals surface area contributed by atoms with Crippen molar-refractivity contribution < 1.29 is 14.2 Å². The molecule has 0 saturated heterocycles. The van der Waals surface area contributed by atoms with E-state index in [1.54, 1.807) is 7.11 Å². The van der Waals surface area contributed by atoms with Crippen LogP contribution in [0.15, 0.2) is 16.6 Å². The molecular weight excluding hydrogens is 340 g/mol. The second kappa shape index (κ2) is 4.94. The van der Waals surface area contributed by atoms with Crippen LogP contribution in [0.4, 0.5) is 0 Å². The van der Waals surface area contributed by atoms with Crippen LogP contribution in [0.2, 0.25) is 0 Å². The Hall–Kier alpha value is -0.260. The van der Waals surface area contributed by atoms with Crippen LogP contribution in [0.1, 0.15) is 18.6 Å². The number of methoxy groups -OCH3 is 1. The Labute approximate surface area is 111 Å². The largest absolute Gasteiger partial charge is 0.454 e. The number of rotatable bonds is 3.